The molecule has 3 aromatic heterocycles. The first-order chi connectivity index (χ1) is 10.2. The Bertz CT molecular complexity index is 978. The number of rotatable bonds is 1. The minimum absolute atomic E-state index is 0.481. The number of halogens is 1. The van der Waals surface area contributed by atoms with Gasteiger partial charge >= 0.3 is 0 Å². The summed E-state index contributed by atoms with van der Waals surface area (Å²) < 4.78 is 0. The van der Waals surface area contributed by atoms with E-state index in [0.29, 0.717) is 11.0 Å². The van der Waals surface area contributed by atoms with Gasteiger partial charge in [0.1, 0.15) is 15.7 Å². The Morgan fingerprint density at radius 1 is 1.00 bits per heavy atom. The smallest absolute Gasteiger partial charge is 0.180 e. The van der Waals surface area contributed by atoms with Crippen LogP contribution in [0.5, 0.6) is 0 Å². The maximum Gasteiger partial charge on any atom is 0.180 e. The average molecular weight is 312 g/mol. The molecular formula is C16H10ClN3S. The summed E-state index contributed by atoms with van der Waals surface area (Å²) in [6, 6.07) is 14.0. The van der Waals surface area contributed by atoms with E-state index in [2.05, 4.69) is 15.0 Å². The summed E-state index contributed by atoms with van der Waals surface area (Å²) in [5.41, 5.74) is 1.67. The molecule has 0 saturated carbocycles. The molecule has 102 valence electrons. The molecule has 0 bridgehead atoms. The van der Waals surface area contributed by atoms with Gasteiger partial charge in [-0.25, -0.2) is 15.0 Å². The van der Waals surface area contributed by atoms with Gasteiger partial charge in [-0.15, -0.1) is 11.3 Å². The van der Waals surface area contributed by atoms with E-state index in [9.17, 15) is 0 Å². The normalized spacial score (nSPS) is 11.3. The molecule has 1 aromatic carbocycles. The molecule has 4 aromatic rings. The minimum Gasteiger partial charge on any atom is -0.244 e. The maximum absolute atomic E-state index is 6.27. The van der Waals surface area contributed by atoms with E-state index in [1.807, 2.05) is 49.4 Å². The van der Waals surface area contributed by atoms with Crippen LogP contribution in [0.4, 0.5) is 0 Å². The van der Waals surface area contributed by atoms with Crippen molar-refractivity contribution in [2.45, 2.75) is 6.92 Å². The van der Waals surface area contributed by atoms with Crippen molar-refractivity contribution >= 4 is 44.1 Å². The lowest BCUT2D eigenvalue weighted by atomic mass is 10.2. The van der Waals surface area contributed by atoms with Crippen LogP contribution in [0, 0.1) is 6.92 Å². The number of fused-ring (bicyclic) bond motifs is 2. The molecule has 5 heteroatoms. The average Bonchev–Trinajstić information content (AvgIpc) is 2.88. The lowest BCUT2D eigenvalue weighted by Crippen LogP contribution is -1.92. The molecule has 3 nitrogen and oxygen atoms in total. The fourth-order valence-corrected chi connectivity index (χ4v) is 3.47. The summed E-state index contributed by atoms with van der Waals surface area (Å²) >= 11 is 7.89. The van der Waals surface area contributed by atoms with E-state index in [0.717, 1.165) is 26.8 Å². The first kappa shape index (κ1) is 12.7. The van der Waals surface area contributed by atoms with E-state index in [1.165, 1.54) is 4.88 Å². The van der Waals surface area contributed by atoms with Crippen molar-refractivity contribution in [2.75, 3.05) is 0 Å². The van der Waals surface area contributed by atoms with Gasteiger partial charge in [0.15, 0.2) is 5.82 Å². The van der Waals surface area contributed by atoms with Crippen LogP contribution in [0.25, 0.3) is 32.6 Å². The summed E-state index contributed by atoms with van der Waals surface area (Å²) in [5, 5.41) is 2.48. The second kappa shape index (κ2) is 4.76. The Hall–Kier alpha value is -2.04. The molecule has 0 unspecified atom stereocenters. The zero-order chi connectivity index (χ0) is 14.4. The summed E-state index contributed by atoms with van der Waals surface area (Å²) in [5.74, 6) is 0.570. The standard InChI is InChI=1S/C16H10ClN3S/c1-9-8-11-14(17)19-15(20-16(11)21-9)13-7-6-10-4-2-3-5-12(10)18-13/h2-8H,1H3. The van der Waals surface area contributed by atoms with Crippen LogP contribution in [0.3, 0.4) is 0 Å². The van der Waals surface area contributed by atoms with Gasteiger partial charge < -0.3 is 0 Å². The van der Waals surface area contributed by atoms with Crippen molar-refractivity contribution < 1.29 is 0 Å². The van der Waals surface area contributed by atoms with Crippen molar-refractivity contribution in [3.05, 3.63) is 52.5 Å². The summed E-state index contributed by atoms with van der Waals surface area (Å²) in [6.45, 7) is 2.04. The second-order valence-electron chi connectivity index (χ2n) is 4.80. The number of nitrogens with zero attached hydrogens (tertiary/aromatic N) is 3. The van der Waals surface area contributed by atoms with E-state index >= 15 is 0 Å². The zero-order valence-electron chi connectivity index (χ0n) is 11.2. The molecule has 0 saturated heterocycles. The van der Waals surface area contributed by atoms with E-state index < -0.39 is 0 Å². The number of thiophene rings is 1. The molecule has 0 atom stereocenters. The third-order valence-electron chi connectivity index (χ3n) is 3.30. The molecule has 21 heavy (non-hydrogen) atoms. The number of aryl methyl sites for hydroxylation is 1. The first-order valence-corrected chi connectivity index (χ1v) is 7.70. The van der Waals surface area contributed by atoms with Gasteiger partial charge in [0.2, 0.25) is 0 Å². The van der Waals surface area contributed by atoms with Crippen molar-refractivity contribution in [3.63, 3.8) is 0 Å². The third-order valence-corrected chi connectivity index (χ3v) is 4.53. The zero-order valence-corrected chi connectivity index (χ0v) is 12.7. The number of hydrogen-bond acceptors (Lipinski definition) is 4. The number of para-hydroxylation sites is 1. The lowest BCUT2D eigenvalue weighted by molar-refractivity contribution is 1.20. The molecule has 0 spiro atoms. The molecule has 0 aliphatic rings. The molecule has 0 aliphatic carbocycles. The van der Waals surface area contributed by atoms with Crippen molar-refractivity contribution in [1.82, 2.24) is 15.0 Å². The highest BCUT2D eigenvalue weighted by atomic mass is 35.5. The number of pyridine rings is 1. The van der Waals surface area contributed by atoms with E-state index in [-0.39, 0.29) is 0 Å². The van der Waals surface area contributed by atoms with Crippen LogP contribution in [0.15, 0.2) is 42.5 Å². The van der Waals surface area contributed by atoms with Crippen LogP contribution in [0.2, 0.25) is 5.15 Å². The predicted octanol–water partition coefficient (Wildman–Crippen LogP) is 4.87. The van der Waals surface area contributed by atoms with Gasteiger partial charge in [-0.1, -0.05) is 35.9 Å². The van der Waals surface area contributed by atoms with Gasteiger partial charge in [0.05, 0.1) is 5.52 Å². The summed E-state index contributed by atoms with van der Waals surface area (Å²) in [7, 11) is 0. The molecular weight excluding hydrogens is 302 g/mol. The number of aromatic nitrogens is 3. The van der Waals surface area contributed by atoms with Crippen molar-refractivity contribution in [1.29, 1.82) is 0 Å². The molecule has 3 heterocycles. The van der Waals surface area contributed by atoms with Crippen LogP contribution >= 0.6 is 22.9 Å². The van der Waals surface area contributed by atoms with Gasteiger partial charge in [-0.2, -0.15) is 0 Å². The topological polar surface area (TPSA) is 38.7 Å². The third kappa shape index (κ3) is 2.17. The molecule has 0 fully saturated rings. The highest BCUT2D eigenvalue weighted by Gasteiger charge is 2.11. The quantitative estimate of drug-likeness (QED) is 0.471. The fraction of sp³-hybridized carbons (Fsp3) is 0.0625. The SMILES string of the molecule is Cc1cc2c(Cl)nc(-c3ccc4ccccc4n3)nc2s1. The predicted molar refractivity (Wildman–Crippen MR) is 87.9 cm³/mol. The Morgan fingerprint density at radius 2 is 1.86 bits per heavy atom. The molecule has 4 rings (SSSR count). The van der Waals surface area contributed by atoms with E-state index in [4.69, 9.17) is 11.6 Å². The molecule has 0 amide bonds. The summed E-state index contributed by atoms with van der Waals surface area (Å²) in [6.07, 6.45) is 0. The van der Waals surface area contributed by atoms with Crippen molar-refractivity contribution in [2.24, 2.45) is 0 Å². The molecule has 0 aliphatic heterocycles. The lowest BCUT2D eigenvalue weighted by Gasteiger charge is -2.03. The van der Waals surface area contributed by atoms with Crippen LogP contribution in [-0.4, -0.2) is 15.0 Å². The van der Waals surface area contributed by atoms with Gasteiger partial charge in [-0.05, 0) is 25.1 Å². The van der Waals surface area contributed by atoms with Gasteiger partial charge in [-0.3, -0.25) is 0 Å². The highest BCUT2D eigenvalue weighted by Crippen LogP contribution is 2.30. The second-order valence-corrected chi connectivity index (χ2v) is 6.40. The monoisotopic (exact) mass is 311 g/mol. The van der Waals surface area contributed by atoms with Crippen LogP contribution in [0.1, 0.15) is 4.88 Å². The first-order valence-electron chi connectivity index (χ1n) is 6.50. The van der Waals surface area contributed by atoms with Gasteiger partial charge in [0, 0.05) is 15.6 Å². The van der Waals surface area contributed by atoms with Crippen LogP contribution in [-0.2, 0) is 0 Å². The minimum atomic E-state index is 0.481. The Kier molecular flexibility index (Phi) is 2.87. The largest absolute Gasteiger partial charge is 0.244 e. The summed E-state index contributed by atoms with van der Waals surface area (Å²) in [4.78, 5) is 15.7. The fourth-order valence-electron chi connectivity index (χ4n) is 2.31. The number of hydrogen-bond donors (Lipinski definition) is 0. The number of benzene rings is 1. The van der Waals surface area contributed by atoms with E-state index in [1.54, 1.807) is 11.3 Å². The van der Waals surface area contributed by atoms with Gasteiger partial charge in [0.25, 0.3) is 0 Å². The molecule has 0 radical (unpaired) electrons. The van der Waals surface area contributed by atoms with Crippen molar-refractivity contribution in [3.8, 4) is 11.5 Å². The maximum atomic E-state index is 6.27. The highest BCUT2D eigenvalue weighted by molar-refractivity contribution is 7.18. The van der Waals surface area contributed by atoms with Crippen LogP contribution < -0.4 is 0 Å². The molecule has 0 N–H and O–H groups in total. The Balaban J connectivity index is 1.94. The Morgan fingerprint density at radius 3 is 2.76 bits per heavy atom. The Labute approximate surface area is 130 Å².